The van der Waals surface area contributed by atoms with Gasteiger partial charge in [-0.15, -0.1) is 0 Å². The van der Waals surface area contributed by atoms with E-state index in [4.69, 9.17) is 0 Å². The van der Waals surface area contributed by atoms with Gasteiger partial charge in [0.15, 0.2) is 0 Å². The smallest absolute Gasteiger partial charge is 0.141 e. The largest absolute Gasteiger partial charge is 0.281 e. The van der Waals surface area contributed by atoms with Crippen LogP contribution in [0.25, 0.3) is 0 Å². The summed E-state index contributed by atoms with van der Waals surface area (Å²) in [4.78, 5) is 0. The fourth-order valence-electron chi connectivity index (χ4n) is 3.34. The van der Waals surface area contributed by atoms with Gasteiger partial charge in [-0.25, -0.2) is 0 Å². The molecule has 2 N–H and O–H groups in total. The summed E-state index contributed by atoms with van der Waals surface area (Å²) in [5.41, 5.74) is 9.77. The van der Waals surface area contributed by atoms with Gasteiger partial charge in [-0.05, 0) is 32.6 Å². The highest BCUT2D eigenvalue weighted by Crippen LogP contribution is 2.30. The first-order chi connectivity index (χ1) is 10.3. The Kier molecular flexibility index (Phi) is 5.08. The van der Waals surface area contributed by atoms with Gasteiger partial charge in [-0.2, -0.15) is 0 Å². The van der Waals surface area contributed by atoms with E-state index in [1.165, 1.54) is 39.2 Å². The first-order valence-electron chi connectivity index (χ1n) is 8.36. The van der Waals surface area contributed by atoms with E-state index in [2.05, 4.69) is 84.1 Å². The molecule has 0 aliphatic carbocycles. The van der Waals surface area contributed by atoms with Crippen LogP contribution in [0.2, 0.25) is 0 Å². The van der Waals surface area contributed by atoms with Gasteiger partial charge in [-0.1, -0.05) is 63.6 Å². The van der Waals surface area contributed by atoms with Crippen molar-refractivity contribution in [3.8, 4) is 0 Å². The summed E-state index contributed by atoms with van der Waals surface area (Å²) >= 11 is 0. The van der Waals surface area contributed by atoms with E-state index < -0.39 is 0 Å². The zero-order chi connectivity index (χ0) is 16.4. The molecule has 2 aromatic carbocycles. The van der Waals surface area contributed by atoms with Crippen molar-refractivity contribution in [1.29, 1.82) is 0 Å². The van der Waals surface area contributed by atoms with E-state index in [-0.39, 0.29) is 0 Å². The highest BCUT2D eigenvalue weighted by Gasteiger charge is 2.19. The number of para-hydroxylation sites is 1. The van der Waals surface area contributed by atoms with E-state index in [1.54, 1.807) is 0 Å². The molecule has 0 fully saturated rings. The third-order valence-electron chi connectivity index (χ3n) is 4.44. The average molecular weight is 296 g/mol. The van der Waals surface area contributed by atoms with E-state index in [1.807, 2.05) is 0 Å². The first kappa shape index (κ1) is 16.8. The van der Waals surface area contributed by atoms with Crippen LogP contribution in [-0.4, -0.2) is 0 Å². The van der Waals surface area contributed by atoms with Crippen molar-refractivity contribution in [2.75, 3.05) is 0 Å². The van der Waals surface area contributed by atoms with Gasteiger partial charge >= 0.3 is 0 Å². The molecule has 0 saturated heterocycles. The van der Waals surface area contributed by atoms with Gasteiger partial charge in [0.1, 0.15) is 11.4 Å². The lowest BCUT2D eigenvalue weighted by molar-refractivity contribution is -0.481. The third-order valence-corrected chi connectivity index (χ3v) is 4.44. The third kappa shape index (κ3) is 3.41. The van der Waals surface area contributed by atoms with Gasteiger partial charge < -0.3 is 0 Å². The lowest BCUT2D eigenvalue weighted by Crippen LogP contribution is -2.73. The maximum atomic E-state index is 2.41. The number of hydrogen-bond acceptors (Lipinski definition) is 0. The molecule has 0 amide bonds. The summed E-state index contributed by atoms with van der Waals surface area (Å²) in [6.07, 6.45) is 0. The molecule has 0 unspecified atom stereocenters. The number of benzene rings is 2. The molecule has 0 aliphatic rings. The van der Waals surface area contributed by atoms with Crippen molar-refractivity contribution < 1.29 is 5.32 Å². The molecule has 22 heavy (non-hydrogen) atoms. The van der Waals surface area contributed by atoms with Crippen LogP contribution in [0.3, 0.4) is 0 Å². The van der Waals surface area contributed by atoms with Crippen LogP contribution >= 0.6 is 0 Å². The second-order valence-electron chi connectivity index (χ2n) is 7.12. The Morgan fingerprint density at radius 1 is 0.727 bits per heavy atom. The Morgan fingerprint density at radius 2 is 1.18 bits per heavy atom. The van der Waals surface area contributed by atoms with Gasteiger partial charge in [0.2, 0.25) is 0 Å². The van der Waals surface area contributed by atoms with E-state index >= 15 is 0 Å². The maximum Gasteiger partial charge on any atom is 0.141 e. The van der Waals surface area contributed by atoms with Gasteiger partial charge in [0.05, 0.1) is 0 Å². The molecule has 0 aromatic heterocycles. The van der Waals surface area contributed by atoms with Crippen LogP contribution in [0.4, 0.5) is 11.4 Å². The molecule has 0 radical (unpaired) electrons. The summed E-state index contributed by atoms with van der Waals surface area (Å²) in [5, 5.41) is 2.41. The van der Waals surface area contributed by atoms with Crippen LogP contribution in [-0.2, 0) is 0 Å². The molecular weight excluding hydrogens is 266 g/mol. The molecule has 0 aliphatic heterocycles. The topological polar surface area (TPSA) is 16.6 Å². The van der Waals surface area contributed by atoms with Crippen LogP contribution in [0.15, 0.2) is 30.3 Å². The SMILES string of the molecule is Cc1cc(C)c([NH2+]c2c(C(C)C)cccc2C(C)C)c(C)c1. The highest BCUT2D eigenvalue weighted by molar-refractivity contribution is 5.55. The molecule has 118 valence electrons. The van der Waals surface area contributed by atoms with Crippen molar-refractivity contribution in [2.45, 2.75) is 60.3 Å². The summed E-state index contributed by atoms with van der Waals surface area (Å²) in [6, 6.07) is 11.3. The molecule has 0 atom stereocenters. The van der Waals surface area contributed by atoms with Gasteiger partial charge in [-0.3, -0.25) is 5.32 Å². The molecule has 1 heteroatoms. The Morgan fingerprint density at radius 3 is 1.59 bits per heavy atom. The van der Waals surface area contributed by atoms with Crippen LogP contribution in [0, 0.1) is 20.8 Å². The lowest BCUT2D eigenvalue weighted by Gasteiger charge is -2.18. The monoisotopic (exact) mass is 296 g/mol. The van der Waals surface area contributed by atoms with Gasteiger partial charge in [0, 0.05) is 22.3 Å². The number of nitrogens with two attached hydrogens (primary N) is 1. The maximum absolute atomic E-state index is 2.41. The van der Waals surface area contributed by atoms with Crippen LogP contribution in [0.1, 0.15) is 67.3 Å². The van der Waals surface area contributed by atoms with Crippen molar-refractivity contribution in [3.05, 3.63) is 58.1 Å². The van der Waals surface area contributed by atoms with E-state index in [0.717, 1.165) is 0 Å². The molecule has 2 rings (SSSR count). The number of rotatable bonds is 4. The predicted molar refractivity (Wildman–Crippen MR) is 96.5 cm³/mol. The van der Waals surface area contributed by atoms with Crippen molar-refractivity contribution >= 4 is 11.4 Å². The first-order valence-corrected chi connectivity index (χ1v) is 8.36. The van der Waals surface area contributed by atoms with Crippen molar-refractivity contribution in [3.63, 3.8) is 0 Å². The summed E-state index contributed by atoms with van der Waals surface area (Å²) in [6.45, 7) is 15.7. The standard InChI is InChI=1S/C21H29N/c1-13(2)18-9-8-10-19(14(3)4)21(18)22-20-16(6)11-15(5)12-17(20)7/h8-14,22H,1-7H3/p+1. The number of hydrogen-bond donors (Lipinski definition) is 1. The lowest BCUT2D eigenvalue weighted by atomic mass is 9.92. The molecule has 0 spiro atoms. The predicted octanol–water partition coefficient (Wildman–Crippen LogP) is 5.39. The van der Waals surface area contributed by atoms with Crippen LogP contribution in [0.5, 0.6) is 0 Å². The summed E-state index contributed by atoms with van der Waals surface area (Å²) in [5.74, 6) is 1.08. The Labute approximate surface area is 135 Å². The molecule has 0 saturated carbocycles. The molecule has 2 aromatic rings. The number of aryl methyl sites for hydroxylation is 3. The molecular formula is C21H30N+. The number of quaternary nitrogens is 1. The highest BCUT2D eigenvalue weighted by atomic mass is 14.9. The minimum atomic E-state index is 0.538. The zero-order valence-corrected chi connectivity index (χ0v) is 15.1. The van der Waals surface area contributed by atoms with E-state index in [0.29, 0.717) is 11.8 Å². The second kappa shape index (κ2) is 6.66. The molecule has 0 bridgehead atoms. The van der Waals surface area contributed by atoms with Crippen LogP contribution < -0.4 is 5.32 Å². The average Bonchev–Trinajstić information content (AvgIpc) is 2.42. The van der Waals surface area contributed by atoms with Gasteiger partial charge in [0.25, 0.3) is 0 Å². The Hall–Kier alpha value is -1.60. The normalized spacial score (nSPS) is 11.5. The summed E-state index contributed by atoms with van der Waals surface area (Å²) < 4.78 is 0. The fourth-order valence-corrected chi connectivity index (χ4v) is 3.34. The second-order valence-corrected chi connectivity index (χ2v) is 7.12. The van der Waals surface area contributed by atoms with Crippen molar-refractivity contribution in [1.82, 2.24) is 0 Å². The molecule has 1 nitrogen and oxygen atoms in total. The summed E-state index contributed by atoms with van der Waals surface area (Å²) in [7, 11) is 0. The quantitative estimate of drug-likeness (QED) is 0.729. The van der Waals surface area contributed by atoms with Crippen molar-refractivity contribution in [2.24, 2.45) is 0 Å². The Balaban J connectivity index is 2.58. The minimum absolute atomic E-state index is 0.538. The van der Waals surface area contributed by atoms with E-state index in [9.17, 15) is 0 Å². The Bertz CT molecular complexity index is 616. The fraction of sp³-hybridized carbons (Fsp3) is 0.429. The minimum Gasteiger partial charge on any atom is -0.281 e. The zero-order valence-electron chi connectivity index (χ0n) is 15.1. The molecule has 0 heterocycles.